The molecule has 3 N–H and O–H groups in total. The smallest absolute Gasteiger partial charge is 0.234 e. The highest BCUT2D eigenvalue weighted by Crippen LogP contribution is 1.98. The predicted octanol–water partition coefficient (Wildman–Crippen LogP) is 0.0432. The summed E-state index contributed by atoms with van der Waals surface area (Å²) in [5.41, 5.74) is 5.93. The van der Waals surface area contributed by atoms with E-state index in [-0.39, 0.29) is 12.5 Å². The van der Waals surface area contributed by atoms with Gasteiger partial charge in [0, 0.05) is 6.54 Å². The third-order valence-electron chi connectivity index (χ3n) is 2.23. The molecule has 90 valence electrons. The number of nitrogens with one attached hydrogen (secondary N) is 1. The molecule has 1 amide bonds. The molecule has 0 radical (unpaired) electrons. The Morgan fingerprint density at radius 3 is 3.06 bits per heavy atom. The number of aromatic nitrogens is 3. The van der Waals surface area contributed by atoms with Crippen molar-refractivity contribution in [3.05, 3.63) is 11.9 Å². The molecule has 0 bridgehead atoms. The Labute approximate surface area is 95.2 Å². The molecule has 1 aromatic rings. The molecule has 0 spiro atoms. The summed E-state index contributed by atoms with van der Waals surface area (Å²) in [6.45, 7) is 3.44. The topological polar surface area (TPSA) is 85.8 Å². The quantitative estimate of drug-likeness (QED) is 0.642. The first-order valence-electron chi connectivity index (χ1n) is 5.62. The van der Waals surface area contributed by atoms with Crippen LogP contribution < -0.4 is 11.1 Å². The molecule has 6 nitrogen and oxygen atoms in total. The van der Waals surface area contributed by atoms with E-state index in [1.54, 1.807) is 4.68 Å². The molecule has 0 unspecified atom stereocenters. The molecule has 1 rings (SSSR count). The largest absolute Gasteiger partial charge is 0.349 e. The third-order valence-corrected chi connectivity index (χ3v) is 2.23. The van der Waals surface area contributed by atoms with Gasteiger partial charge in [-0.15, -0.1) is 5.10 Å². The summed E-state index contributed by atoms with van der Waals surface area (Å²) in [7, 11) is 0. The number of unbranched alkanes of at least 4 members (excludes halogenated alkanes) is 2. The minimum atomic E-state index is -0.180. The van der Waals surface area contributed by atoms with Crippen molar-refractivity contribution in [3.63, 3.8) is 0 Å². The van der Waals surface area contributed by atoms with Gasteiger partial charge in [-0.05, 0) is 6.42 Å². The Morgan fingerprint density at radius 1 is 1.56 bits per heavy atom. The maximum Gasteiger partial charge on any atom is 0.234 e. The van der Waals surface area contributed by atoms with Crippen LogP contribution >= 0.6 is 0 Å². The Hall–Kier alpha value is -1.43. The molecule has 16 heavy (non-hydrogen) atoms. The Bertz CT molecular complexity index is 323. The molecular formula is C10H19N5O. The van der Waals surface area contributed by atoms with Gasteiger partial charge in [0.2, 0.25) is 5.91 Å². The maximum atomic E-state index is 10.9. The van der Waals surface area contributed by atoms with Gasteiger partial charge in [-0.3, -0.25) is 9.48 Å². The molecule has 1 aromatic heterocycles. The van der Waals surface area contributed by atoms with Crippen molar-refractivity contribution in [2.75, 3.05) is 6.54 Å². The van der Waals surface area contributed by atoms with Crippen LogP contribution in [0.3, 0.4) is 0 Å². The van der Waals surface area contributed by atoms with Gasteiger partial charge in [0.05, 0.1) is 19.3 Å². The standard InChI is InChI=1S/C10H19N5O/c1-2-3-4-5-15-8-9(13-14-15)7-12-10(16)6-11/h8H,2-7,11H2,1H3,(H,12,16). The van der Waals surface area contributed by atoms with Crippen LogP contribution in [0.5, 0.6) is 0 Å². The average Bonchev–Trinajstić information content (AvgIpc) is 2.74. The number of nitrogens with zero attached hydrogens (tertiary/aromatic N) is 3. The fraction of sp³-hybridized carbons (Fsp3) is 0.700. The fourth-order valence-electron chi connectivity index (χ4n) is 1.31. The summed E-state index contributed by atoms with van der Waals surface area (Å²) in [6.07, 6.45) is 5.34. The second kappa shape index (κ2) is 6.95. The normalized spacial score (nSPS) is 10.4. The second-order valence-corrected chi connectivity index (χ2v) is 3.66. The molecule has 0 saturated carbocycles. The summed E-state index contributed by atoms with van der Waals surface area (Å²) in [4.78, 5) is 10.9. The number of hydrogen-bond acceptors (Lipinski definition) is 4. The Morgan fingerprint density at radius 2 is 2.38 bits per heavy atom. The van der Waals surface area contributed by atoms with Crippen LogP contribution in [0, 0.1) is 0 Å². The van der Waals surface area contributed by atoms with Crippen LogP contribution in [0.25, 0.3) is 0 Å². The van der Waals surface area contributed by atoms with E-state index in [2.05, 4.69) is 22.6 Å². The first-order chi connectivity index (χ1) is 7.76. The minimum absolute atomic E-state index is 0.00460. The summed E-state index contributed by atoms with van der Waals surface area (Å²) in [5.74, 6) is -0.180. The highest BCUT2D eigenvalue weighted by atomic mass is 16.1. The zero-order chi connectivity index (χ0) is 11.8. The van der Waals surface area contributed by atoms with Crippen molar-refractivity contribution in [1.82, 2.24) is 20.3 Å². The van der Waals surface area contributed by atoms with Gasteiger partial charge in [0.1, 0.15) is 5.69 Å². The van der Waals surface area contributed by atoms with E-state index >= 15 is 0 Å². The van der Waals surface area contributed by atoms with Gasteiger partial charge < -0.3 is 11.1 Å². The third kappa shape index (κ3) is 4.39. The van der Waals surface area contributed by atoms with Crippen molar-refractivity contribution in [2.24, 2.45) is 5.73 Å². The van der Waals surface area contributed by atoms with E-state index in [1.165, 1.54) is 12.8 Å². The average molecular weight is 225 g/mol. The summed E-state index contributed by atoms with van der Waals surface area (Å²) in [5, 5.41) is 10.6. The van der Waals surface area contributed by atoms with Crippen LogP contribution in [0.2, 0.25) is 0 Å². The summed E-state index contributed by atoms with van der Waals surface area (Å²) in [6, 6.07) is 0. The Kier molecular flexibility index (Phi) is 5.49. The second-order valence-electron chi connectivity index (χ2n) is 3.66. The fourth-order valence-corrected chi connectivity index (χ4v) is 1.31. The maximum absolute atomic E-state index is 10.9. The van der Waals surface area contributed by atoms with Gasteiger partial charge in [-0.1, -0.05) is 25.0 Å². The number of hydrogen-bond donors (Lipinski definition) is 2. The monoisotopic (exact) mass is 225 g/mol. The number of aryl methyl sites for hydroxylation is 1. The van der Waals surface area contributed by atoms with Crippen molar-refractivity contribution in [2.45, 2.75) is 39.3 Å². The highest BCUT2D eigenvalue weighted by molar-refractivity contribution is 5.77. The van der Waals surface area contributed by atoms with E-state index in [0.717, 1.165) is 18.7 Å². The van der Waals surface area contributed by atoms with E-state index in [0.29, 0.717) is 6.54 Å². The SMILES string of the molecule is CCCCCn1cc(CNC(=O)CN)nn1. The lowest BCUT2D eigenvalue weighted by Gasteiger charge is -1.99. The van der Waals surface area contributed by atoms with E-state index in [9.17, 15) is 4.79 Å². The van der Waals surface area contributed by atoms with Crippen LogP contribution in [-0.2, 0) is 17.9 Å². The van der Waals surface area contributed by atoms with Gasteiger partial charge in [0.15, 0.2) is 0 Å². The number of nitrogens with two attached hydrogens (primary N) is 1. The first kappa shape index (κ1) is 12.6. The first-order valence-corrected chi connectivity index (χ1v) is 5.62. The zero-order valence-electron chi connectivity index (χ0n) is 9.65. The lowest BCUT2D eigenvalue weighted by Crippen LogP contribution is -2.29. The number of carbonyl (C=O) groups excluding carboxylic acids is 1. The minimum Gasteiger partial charge on any atom is -0.349 e. The number of rotatable bonds is 7. The molecule has 0 aromatic carbocycles. The molecule has 0 fully saturated rings. The summed E-state index contributed by atoms with van der Waals surface area (Å²) >= 11 is 0. The molecular weight excluding hydrogens is 206 g/mol. The van der Waals surface area contributed by atoms with Crippen LogP contribution in [0.4, 0.5) is 0 Å². The van der Waals surface area contributed by atoms with Crippen molar-refractivity contribution in [1.29, 1.82) is 0 Å². The number of amides is 1. The molecule has 0 atom stereocenters. The van der Waals surface area contributed by atoms with Gasteiger partial charge in [-0.25, -0.2) is 0 Å². The van der Waals surface area contributed by atoms with Crippen molar-refractivity contribution < 1.29 is 4.79 Å². The molecule has 1 heterocycles. The summed E-state index contributed by atoms with van der Waals surface area (Å²) < 4.78 is 1.81. The van der Waals surface area contributed by atoms with Crippen molar-refractivity contribution in [3.8, 4) is 0 Å². The van der Waals surface area contributed by atoms with E-state index in [1.807, 2.05) is 6.20 Å². The van der Waals surface area contributed by atoms with Gasteiger partial charge in [0.25, 0.3) is 0 Å². The van der Waals surface area contributed by atoms with E-state index in [4.69, 9.17) is 5.73 Å². The van der Waals surface area contributed by atoms with Crippen molar-refractivity contribution >= 4 is 5.91 Å². The van der Waals surface area contributed by atoms with E-state index < -0.39 is 0 Å². The van der Waals surface area contributed by atoms with Gasteiger partial charge in [-0.2, -0.15) is 0 Å². The lowest BCUT2D eigenvalue weighted by atomic mass is 10.2. The van der Waals surface area contributed by atoms with Crippen LogP contribution in [0.1, 0.15) is 31.9 Å². The molecule has 0 aliphatic carbocycles. The molecule has 0 saturated heterocycles. The van der Waals surface area contributed by atoms with Crippen LogP contribution in [0.15, 0.2) is 6.20 Å². The molecule has 6 heteroatoms. The molecule has 0 aliphatic rings. The number of carbonyl (C=O) groups is 1. The lowest BCUT2D eigenvalue weighted by molar-refractivity contribution is -0.119. The highest BCUT2D eigenvalue weighted by Gasteiger charge is 2.02. The zero-order valence-corrected chi connectivity index (χ0v) is 9.65. The van der Waals surface area contributed by atoms with Gasteiger partial charge >= 0.3 is 0 Å². The predicted molar refractivity (Wildman–Crippen MR) is 60.4 cm³/mol. The van der Waals surface area contributed by atoms with Crippen LogP contribution in [-0.4, -0.2) is 27.4 Å². The molecule has 0 aliphatic heterocycles. The Balaban J connectivity index is 2.30.